The predicted molar refractivity (Wildman–Crippen MR) is 203 cm³/mol. The fraction of sp³-hybridized carbons (Fsp3) is 0.0213. The van der Waals surface area contributed by atoms with E-state index < -0.39 is 5.41 Å². The standard InChI is InChI=1S/C47H30N2/c1-4-15-32(16-5-1)44-40-28-24-31-14-10-11-21-38(31)45(40)49-46(48-44)34-25-27-37-33(30-34)26-29-42-43(37)39-22-12-13-23-41(39)47(42,35-17-6-2-7-18-35)36-19-8-3-9-20-36/h1-30H. The third kappa shape index (κ3) is 4.07. The van der Waals surface area contributed by atoms with E-state index in [4.69, 9.17) is 9.97 Å². The van der Waals surface area contributed by atoms with Crippen LogP contribution in [0.25, 0.3) is 66.2 Å². The lowest BCUT2D eigenvalue weighted by atomic mass is 9.67. The zero-order valence-corrected chi connectivity index (χ0v) is 26.7. The summed E-state index contributed by atoms with van der Waals surface area (Å²) in [6, 6.07) is 65.6. The highest BCUT2D eigenvalue weighted by Crippen LogP contribution is 2.57. The quantitative estimate of drug-likeness (QED) is 0.183. The van der Waals surface area contributed by atoms with E-state index in [0.29, 0.717) is 0 Å². The minimum absolute atomic E-state index is 0.422. The van der Waals surface area contributed by atoms with Gasteiger partial charge in [-0.3, -0.25) is 0 Å². The zero-order valence-electron chi connectivity index (χ0n) is 26.7. The minimum atomic E-state index is -0.422. The lowest BCUT2D eigenvalue weighted by molar-refractivity contribution is 0.769. The van der Waals surface area contributed by atoms with E-state index in [2.05, 4.69) is 176 Å². The maximum atomic E-state index is 5.27. The first-order valence-electron chi connectivity index (χ1n) is 16.8. The highest BCUT2D eigenvalue weighted by molar-refractivity contribution is 6.10. The van der Waals surface area contributed by atoms with Crippen molar-refractivity contribution in [2.45, 2.75) is 5.41 Å². The first kappa shape index (κ1) is 27.7. The Bertz CT molecular complexity index is 2660. The molecule has 0 saturated heterocycles. The van der Waals surface area contributed by atoms with Crippen molar-refractivity contribution in [3.8, 4) is 33.8 Å². The second kappa shape index (κ2) is 10.8. The van der Waals surface area contributed by atoms with Gasteiger partial charge in [-0.1, -0.05) is 170 Å². The summed E-state index contributed by atoms with van der Waals surface area (Å²) in [6.07, 6.45) is 0. The van der Waals surface area contributed by atoms with Gasteiger partial charge in [0.25, 0.3) is 0 Å². The predicted octanol–water partition coefficient (Wildman–Crippen LogP) is 11.6. The number of rotatable bonds is 4. The third-order valence-corrected chi connectivity index (χ3v) is 10.3. The average molecular weight is 623 g/mol. The normalized spacial score (nSPS) is 13.1. The lowest BCUT2D eigenvalue weighted by Gasteiger charge is -2.33. The summed E-state index contributed by atoms with van der Waals surface area (Å²) >= 11 is 0. The van der Waals surface area contributed by atoms with E-state index in [-0.39, 0.29) is 0 Å². The van der Waals surface area contributed by atoms with E-state index >= 15 is 0 Å². The second-order valence-corrected chi connectivity index (χ2v) is 12.9. The Morgan fingerprint density at radius 2 is 1.02 bits per heavy atom. The van der Waals surface area contributed by atoms with Gasteiger partial charge in [-0.25, -0.2) is 9.97 Å². The van der Waals surface area contributed by atoms with Crippen LogP contribution in [0.4, 0.5) is 0 Å². The van der Waals surface area contributed by atoms with E-state index in [1.54, 1.807) is 0 Å². The fourth-order valence-corrected chi connectivity index (χ4v) is 8.22. The molecule has 0 saturated carbocycles. The molecule has 0 fully saturated rings. The van der Waals surface area contributed by atoms with Gasteiger partial charge < -0.3 is 0 Å². The molecule has 1 aliphatic rings. The monoisotopic (exact) mass is 622 g/mol. The largest absolute Gasteiger partial charge is 0.227 e. The van der Waals surface area contributed by atoms with Crippen molar-refractivity contribution in [3.05, 3.63) is 204 Å². The molecule has 1 aromatic heterocycles. The van der Waals surface area contributed by atoms with Gasteiger partial charge in [-0.2, -0.15) is 0 Å². The highest BCUT2D eigenvalue weighted by atomic mass is 14.9. The van der Waals surface area contributed by atoms with Gasteiger partial charge in [-0.05, 0) is 61.7 Å². The Morgan fingerprint density at radius 1 is 0.388 bits per heavy atom. The van der Waals surface area contributed by atoms with Crippen LogP contribution >= 0.6 is 0 Å². The molecule has 1 aliphatic carbocycles. The molecule has 2 heteroatoms. The van der Waals surface area contributed by atoms with Gasteiger partial charge in [0.15, 0.2) is 5.82 Å². The minimum Gasteiger partial charge on any atom is -0.227 e. The molecule has 49 heavy (non-hydrogen) atoms. The number of hydrogen-bond acceptors (Lipinski definition) is 2. The molecule has 0 N–H and O–H groups in total. The van der Waals surface area contributed by atoms with E-state index in [1.165, 1.54) is 49.5 Å². The molecule has 228 valence electrons. The number of fused-ring (bicyclic) bond motifs is 8. The summed E-state index contributed by atoms with van der Waals surface area (Å²) in [5, 5.41) is 5.77. The molecule has 0 bridgehead atoms. The van der Waals surface area contributed by atoms with Crippen LogP contribution in [0.1, 0.15) is 22.3 Å². The molecule has 8 aromatic carbocycles. The fourth-order valence-electron chi connectivity index (χ4n) is 8.22. The Kier molecular flexibility index (Phi) is 6.13. The zero-order chi connectivity index (χ0) is 32.4. The molecule has 9 aromatic rings. The van der Waals surface area contributed by atoms with Crippen LogP contribution in [0.5, 0.6) is 0 Å². The van der Waals surface area contributed by atoms with Crippen LogP contribution in [0.3, 0.4) is 0 Å². The third-order valence-electron chi connectivity index (χ3n) is 10.3. The maximum Gasteiger partial charge on any atom is 0.160 e. The topological polar surface area (TPSA) is 25.8 Å². The van der Waals surface area contributed by atoms with Crippen molar-refractivity contribution in [2.24, 2.45) is 0 Å². The van der Waals surface area contributed by atoms with E-state index in [0.717, 1.165) is 38.9 Å². The van der Waals surface area contributed by atoms with Crippen molar-refractivity contribution in [2.75, 3.05) is 0 Å². The van der Waals surface area contributed by atoms with Gasteiger partial charge in [0, 0.05) is 21.9 Å². The Labute approximate surface area is 285 Å². The number of aromatic nitrogens is 2. The molecule has 0 radical (unpaired) electrons. The molecule has 10 rings (SSSR count). The van der Waals surface area contributed by atoms with Gasteiger partial charge in [0.05, 0.1) is 16.6 Å². The second-order valence-electron chi connectivity index (χ2n) is 12.9. The smallest absolute Gasteiger partial charge is 0.160 e. The summed E-state index contributed by atoms with van der Waals surface area (Å²) in [5.74, 6) is 0.730. The Hall–Kier alpha value is -6.38. The van der Waals surface area contributed by atoms with Crippen LogP contribution in [0.15, 0.2) is 182 Å². The molecule has 0 atom stereocenters. The maximum absolute atomic E-state index is 5.27. The summed E-state index contributed by atoms with van der Waals surface area (Å²) < 4.78 is 0. The first-order valence-corrected chi connectivity index (χ1v) is 16.8. The van der Waals surface area contributed by atoms with Crippen LogP contribution < -0.4 is 0 Å². The van der Waals surface area contributed by atoms with Crippen molar-refractivity contribution < 1.29 is 0 Å². The van der Waals surface area contributed by atoms with Crippen molar-refractivity contribution >= 4 is 32.4 Å². The number of benzene rings is 8. The van der Waals surface area contributed by atoms with Gasteiger partial charge in [0.1, 0.15) is 0 Å². The summed E-state index contributed by atoms with van der Waals surface area (Å²) in [5.41, 5.74) is 11.3. The van der Waals surface area contributed by atoms with E-state index in [1.807, 2.05) is 6.07 Å². The van der Waals surface area contributed by atoms with Crippen LogP contribution in [-0.2, 0) is 5.41 Å². The molecule has 0 amide bonds. The average Bonchev–Trinajstić information content (AvgIpc) is 3.49. The summed E-state index contributed by atoms with van der Waals surface area (Å²) in [7, 11) is 0. The van der Waals surface area contributed by atoms with Gasteiger partial charge >= 0.3 is 0 Å². The number of hydrogen-bond donors (Lipinski definition) is 0. The van der Waals surface area contributed by atoms with Crippen LogP contribution in [-0.4, -0.2) is 9.97 Å². The first-order chi connectivity index (χ1) is 24.3. The van der Waals surface area contributed by atoms with Gasteiger partial charge in [-0.15, -0.1) is 0 Å². The van der Waals surface area contributed by atoms with Crippen molar-refractivity contribution in [1.29, 1.82) is 0 Å². The van der Waals surface area contributed by atoms with E-state index in [9.17, 15) is 0 Å². The Balaban J connectivity index is 1.23. The summed E-state index contributed by atoms with van der Waals surface area (Å²) in [4.78, 5) is 10.5. The molecule has 1 heterocycles. The molecular formula is C47H30N2. The van der Waals surface area contributed by atoms with Crippen molar-refractivity contribution in [3.63, 3.8) is 0 Å². The molecule has 0 spiro atoms. The van der Waals surface area contributed by atoms with Gasteiger partial charge in [0.2, 0.25) is 0 Å². The molecular weight excluding hydrogens is 593 g/mol. The summed E-state index contributed by atoms with van der Waals surface area (Å²) in [6.45, 7) is 0. The molecule has 0 aliphatic heterocycles. The lowest BCUT2D eigenvalue weighted by Crippen LogP contribution is -2.28. The SMILES string of the molecule is c1ccc(-c2nc(-c3ccc4c5c(ccc4c3)C(c3ccccc3)(c3ccccc3)c3ccccc3-5)nc3c2ccc2ccccc23)cc1. The Morgan fingerprint density at radius 3 is 1.80 bits per heavy atom. The van der Waals surface area contributed by atoms with Crippen molar-refractivity contribution in [1.82, 2.24) is 9.97 Å². The van der Waals surface area contributed by atoms with Crippen LogP contribution in [0.2, 0.25) is 0 Å². The molecule has 2 nitrogen and oxygen atoms in total. The number of nitrogens with zero attached hydrogens (tertiary/aromatic N) is 2. The highest BCUT2D eigenvalue weighted by Gasteiger charge is 2.46. The molecule has 0 unspecified atom stereocenters. The van der Waals surface area contributed by atoms with Crippen LogP contribution in [0, 0.1) is 0 Å².